The molecular formula is C17H20FN5O. The van der Waals surface area contributed by atoms with Gasteiger partial charge < -0.3 is 15.1 Å². The number of rotatable bonds is 4. The van der Waals surface area contributed by atoms with Crippen LogP contribution in [0.2, 0.25) is 0 Å². The van der Waals surface area contributed by atoms with Crippen molar-refractivity contribution in [2.45, 2.75) is 6.54 Å². The zero-order chi connectivity index (χ0) is 16.9. The van der Waals surface area contributed by atoms with Crippen LogP contribution in [0.3, 0.4) is 0 Å². The molecule has 2 heterocycles. The molecule has 0 unspecified atom stereocenters. The number of likely N-dealkylation sites (N-methyl/N-ethyl adjacent to an activating group) is 1. The van der Waals surface area contributed by atoms with E-state index in [1.54, 1.807) is 24.3 Å². The minimum atomic E-state index is -0.337. The van der Waals surface area contributed by atoms with Gasteiger partial charge >= 0.3 is 0 Å². The van der Waals surface area contributed by atoms with Gasteiger partial charge in [0.05, 0.1) is 0 Å². The molecule has 1 amide bonds. The summed E-state index contributed by atoms with van der Waals surface area (Å²) in [6.45, 7) is 3.77. The van der Waals surface area contributed by atoms with Crippen LogP contribution in [0.4, 0.5) is 10.2 Å². The number of hydrogen-bond donors (Lipinski definition) is 1. The first-order valence-corrected chi connectivity index (χ1v) is 7.90. The molecule has 1 fully saturated rings. The molecule has 0 spiro atoms. The molecule has 1 N–H and O–H groups in total. The van der Waals surface area contributed by atoms with E-state index in [-0.39, 0.29) is 24.0 Å². The number of amides is 1. The maximum absolute atomic E-state index is 13.6. The molecule has 2 aromatic rings. The van der Waals surface area contributed by atoms with E-state index < -0.39 is 0 Å². The SMILES string of the molecule is CN1CCN(c2cc(C(=O)NCc3ccccc3F)ncn2)CC1. The smallest absolute Gasteiger partial charge is 0.270 e. The van der Waals surface area contributed by atoms with Crippen molar-refractivity contribution in [2.24, 2.45) is 0 Å². The van der Waals surface area contributed by atoms with Gasteiger partial charge in [-0.15, -0.1) is 0 Å². The summed E-state index contributed by atoms with van der Waals surface area (Å²) in [6.07, 6.45) is 1.39. The molecule has 24 heavy (non-hydrogen) atoms. The Morgan fingerprint density at radius 3 is 2.71 bits per heavy atom. The Balaban J connectivity index is 1.65. The van der Waals surface area contributed by atoms with E-state index >= 15 is 0 Å². The van der Waals surface area contributed by atoms with Gasteiger partial charge in [0.15, 0.2) is 0 Å². The van der Waals surface area contributed by atoms with Crippen molar-refractivity contribution in [3.05, 3.63) is 53.7 Å². The largest absolute Gasteiger partial charge is 0.354 e. The molecule has 0 radical (unpaired) electrons. The third-order valence-electron chi connectivity index (χ3n) is 4.11. The number of benzene rings is 1. The van der Waals surface area contributed by atoms with Gasteiger partial charge in [0.2, 0.25) is 0 Å². The number of anilines is 1. The van der Waals surface area contributed by atoms with Gasteiger partial charge in [-0.3, -0.25) is 4.79 Å². The summed E-state index contributed by atoms with van der Waals surface area (Å²) in [7, 11) is 2.08. The first kappa shape index (κ1) is 16.3. The second kappa shape index (κ2) is 7.35. The average molecular weight is 329 g/mol. The van der Waals surface area contributed by atoms with Gasteiger partial charge in [0.25, 0.3) is 5.91 Å². The summed E-state index contributed by atoms with van der Waals surface area (Å²) >= 11 is 0. The zero-order valence-corrected chi connectivity index (χ0v) is 13.6. The van der Waals surface area contributed by atoms with Crippen LogP contribution >= 0.6 is 0 Å². The van der Waals surface area contributed by atoms with E-state index in [0.717, 1.165) is 32.0 Å². The van der Waals surface area contributed by atoms with Gasteiger partial charge in [0, 0.05) is 44.4 Å². The number of nitrogens with one attached hydrogen (secondary N) is 1. The molecule has 0 saturated carbocycles. The molecule has 126 valence electrons. The van der Waals surface area contributed by atoms with E-state index in [2.05, 4.69) is 32.1 Å². The third-order valence-corrected chi connectivity index (χ3v) is 4.11. The number of carbonyl (C=O) groups is 1. The maximum Gasteiger partial charge on any atom is 0.270 e. The lowest BCUT2D eigenvalue weighted by Crippen LogP contribution is -2.44. The van der Waals surface area contributed by atoms with Crippen molar-refractivity contribution in [3.63, 3.8) is 0 Å². The fraction of sp³-hybridized carbons (Fsp3) is 0.353. The molecule has 1 aliphatic rings. The van der Waals surface area contributed by atoms with Crippen molar-refractivity contribution < 1.29 is 9.18 Å². The second-order valence-corrected chi connectivity index (χ2v) is 5.83. The first-order valence-electron chi connectivity index (χ1n) is 7.90. The lowest BCUT2D eigenvalue weighted by molar-refractivity contribution is 0.0945. The third kappa shape index (κ3) is 3.86. The van der Waals surface area contributed by atoms with E-state index in [0.29, 0.717) is 5.56 Å². The number of halogens is 1. The van der Waals surface area contributed by atoms with Crippen LogP contribution in [0.15, 0.2) is 36.7 Å². The normalized spacial score (nSPS) is 15.3. The van der Waals surface area contributed by atoms with Crippen LogP contribution in [0.5, 0.6) is 0 Å². The highest BCUT2D eigenvalue weighted by Gasteiger charge is 2.17. The Bertz CT molecular complexity index is 716. The van der Waals surface area contributed by atoms with Gasteiger partial charge in [-0.2, -0.15) is 0 Å². The monoisotopic (exact) mass is 329 g/mol. The average Bonchev–Trinajstić information content (AvgIpc) is 2.61. The van der Waals surface area contributed by atoms with Crippen LogP contribution < -0.4 is 10.2 Å². The van der Waals surface area contributed by atoms with Crippen LogP contribution in [0.25, 0.3) is 0 Å². The quantitative estimate of drug-likeness (QED) is 0.916. The van der Waals surface area contributed by atoms with Gasteiger partial charge in [-0.05, 0) is 13.1 Å². The summed E-state index contributed by atoms with van der Waals surface area (Å²) in [6, 6.07) is 8.05. The number of hydrogen-bond acceptors (Lipinski definition) is 5. The molecule has 0 bridgehead atoms. The Kier molecular flexibility index (Phi) is 5.00. The Hall–Kier alpha value is -2.54. The molecule has 0 atom stereocenters. The molecule has 1 aromatic carbocycles. The molecular weight excluding hydrogens is 309 g/mol. The van der Waals surface area contributed by atoms with Crippen LogP contribution in [-0.4, -0.2) is 54.0 Å². The summed E-state index contributed by atoms with van der Waals surface area (Å²) in [5, 5.41) is 2.70. The summed E-state index contributed by atoms with van der Waals surface area (Å²) in [5.74, 6) is 0.0729. The molecule has 1 saturated heterocycles. The van der Waals surface area contributed by atoms with Gasteiger partial charge in [-0.25, -0.2) is 14.4 Å². The summed E-state index contributed by atoms with van der Waals surface area (Å²) < 4.78 is 13.6. The first-order chi connectivity index (χ1) is 11.6. The van der Waals surface area contributed by atoms with E-state index in [4.69, 9.17) is 0 Å². The number of aromatic nitrogens is 2. The van der Waals surface area contributed by atoms with Crippen molar-refractivity contribution in [1.29, 1.82) is 0 Å². The number of carbonyl (C=O) groups excluding carboxylic acids is 1. The zero-order valence-electron chi connectivity index (χ0n) is 13.6. The maximum atomic E-state index is 13.6. The van der Waals surface area contributed by atoms with Crippen LogP contribution in [0, 0.1) is 5.82 Å². The minimum absolute atomic E-state index is 0.124. The predicted octanol–water partition coefficient (Wildman–Crippen LogP) is 1.30. The highest BCUT2D eigenvalue weighted by atomic mass is 19.1. The van der Waals surface area contributed by atoms with Crippen molar-refractivity contribution >= 4 is 11.7 Å². The van der Waals surface area contributed by atoms with Crippen molar-refractivity contribution in [2.75, 3.05) is 38.1 Å². The highest BCUT2D eigenvalue weighted by Crippen LogP contribution is 2.13. The standard InChI is InChI=1S/C17H20FN5O/c1-22-6-8-23(9-7-22)16-10-15(20-12-21-16)17(24)19-11-13-4-2-3-5-14(13)18/h2-5,10,12H,6-9,11H2,1H3,(H,19,24). The summed E-state index contributed by atoms with van der Waals surface area (Å²) in [5.41, 5.74) is 0.731. The van der Waals surface area contributed by atoms with E-state index in [1.165, 1.54) is 12.4 Å². The lowest BCUT2D eigenvalue weighted by atomic mass is 10.2. The molecule has 1 aromatic heterocycles. The molecule has 6 nitrogen and oxygen atoms in total. The lowest BCUT2D eigenvalue weighted by Gasteiger charge is -2.33. The highest BCUT2D eigenvalue weighted by molar-refractivity contribution is 5.92. The predicted molar refractivity (Wildman–Crippen MR) is 89.3 cm³/mol. The van der Waals surface area contributed by atoms with Crippen LogP contribution in [-0.2, 0) is 6.54 Å². The van der Waals surface area contributed by atoms with Gasteiger partial charge in [-0.1, -0.05) is 18.2 Å². The summed E-state index contributed by atoms with van der Waals surface area (Å²) in [4.78, 5) is 24.9. The minimum Gasteiger partial charge on any atom is -0.354 e. The van der Waals surface area contributed by atoms with Gasteiger partial charge in [0.1, 0.15) is 23.7 Å². The molecule has 0 aliphatic carbocycles. The molecule has 7 heteroatoms. The Labute approximate surface area is 140 Å². The number of nitrogens with zero attached hydrogens (tertiary/aromatic N) is 4. The number of piperazine rings is 1. The van der Waals surface area contributed by atoms with Crippen molar-refractivity contribution in [1.82, 2.24) is 20.2 Å². The molecule has 3 rings (SSSR count). The Morgan fingerprint density at radius 2 is 1.96 bits per heavy atom. The van der Waals surface area contributed by atoms with E-state index in [9.17, 15) is 9.18 Å². The van der Waals surface area contributed by atoms with E-state index in [1.807, 2.05) is 0 Å². The second-order valence-electron chi connectivity index (χ2n) is 5.83. The van der Waals surface area contributed by atoms with Crippen molar-refractivity contribution in [3.8, 4) is 0 Å². The fourth-order valence-electron chi connectivity index (χ4n) is 2.59. The van der Waals surface area contributed by atoms with Crippen LogP contribution in [0.1, 0.15) is 16.1 Å². The molecule has 1 aliphatic heterocycles. The fourth-order valence-corrected chi connectivity index (χ4v) is 2.59. The Morgan fingerprint density at radius 1 is 1.21 bits per heavy atom. The topological polar surface area (TPSA) is 61.4 Å².